The maximum atomic E-state index is 11.8. The molecule has 2 N–H and O–H groups in total. The minimum Gasteiger partial charge on any atom is -0.386 e. The van der Waals surface area contributed by atoms with E-state index in [1.165, 1.54) is 6.42 Å². The van der Waals surface area contributed by atoms with Gasteiger partial charge < -0.3 is 15.3 Å². The number of hydrogen-bond acceptors (Lipinski definition) is 3. The molecule has 15 heavy (non-hydrogen) atoms. The van der Waals surface area contributed by atoms with Gasteiger partial charge in [0.1, 0.15) is 0 Å². The molecule has 0 aromatic rings. The first-order valence-corrected chi connectivity index (χ1v) is 5.78. The maximum absolute atomic E-state index is 11.8. The summed E-state index contributed by atoms with van der Waals surface area (Å²) in [6.45, 7) is 4.84. The van der Waals surface area contributed by atoms with Gasteiger partial charge in [0.15, 0.2) is 0 Å². The first-order chi connectivity index (χ1) is 7.07. The highest BCUT2D eigenvalue weighted by molar-refractivity contribution is 5.77. The van der Waals surface area contributed by atoms with Crippen LogP contribution in [0.15, 0.2) is 0 Å². The average molecular weight is 212 g/mol. The largest absolute Gasteiger partial charge is 0.386 e. The van der Waals surface area contributed by atoms with Crippen molar-refractivity contribution in [2.24, 2.45) is 5.92 Å². The molecule has 0 aromatic heterocycles. The second-order valence-corrected chi connectivity index (χ2v) is 5.16. The van der Waals surface area contributed by atoms with Crippen LogP contribution in [0.4, 0.5) is 0 Å². The first-order valence-electron chi connectivity index (χ1n) is 5.78. The van der Waals surface area contributed by atoms with Crippen LogP contribution in [0.5, 0.6) is 0 Å². The van der Waals surface area contributed by atoms with E-state index < -0.39 is 5.60 Å². The number of nitrogens with zero attached hydrogens (tertiary/aromatic N) is 1. The van der Waals surface area contributed by atoms with Gasteiger partial charge >= 0.3 is 0 Å². The fourth-order valence-corrected chi connectivity index (χ4v) is 2.43. The SMILES string of the molecule is CC1(O)CN(C(=O)CC2CCCNC2)C1. The summed E-state index contributed by atoms with van der Waals surface area (Å²) in [6.07, 6.45) is 2.97. The van der Waals surface area contributed by atoms with Crippen molar-refractivity contribution in [1.82, 2.24) is 10.2 Å². The highest BCUT2D eigenvalue weighted by Gasteiger charge is 2.39. The second-order valence-electron chi connectivity index (χ2n) is 5.16. The van der Waals surface area contributed by atoms with Crippen LogP contribution in [0.2, 0.25) is 0 Å². The van der Waals surface area contributed by atoms with Crippen molar-refractivity contribution in [1.29, 1.82) is 0 Å². The van der Waals surface area contributed by atoms with Gasteiger partial charge in [-0.05, 0) is 38.8 Å². The van der Waals surface area contributed by atoms with Gasteiger partial charge in [-0.1, -0.05) is 0 Å². The number of nitrogens with one attached hydrogen (secondary N) is 1. The number of hydrogen-bond donors (Lipinski definition) is 2. The number of likely N-dealkylation sites (tertiary alicyclic amines) is 1. The molecule has 86 valence electrons. The fraction of sp³-hybridized carbons (Fsp3) is 0.909. The van der Waals surface area contributed by atoms with E-state index in [9.17, 15) is 9.90 Å². The third-order valence-electron chi connectivity index (χ3n) is 3.28. The summed E-state index contributed by atoms with van der Waals surface area (Å²) in [5, 5.41) is 12.8. The first kappa shape index (κ1) is 10.9. The minimum atomic E-state index is -0.638. The molecule has 0 aliphatic carbocycles. The summed E-state index contributed by atoms with van der Waals surface area (Å²) in [5.41, 5.74) is -0.638. The van der Waals surface area contributed by atoms with Gasteiger partial charge in [0.25, 0.3) is 0 Å². The van der Waals surface area contributed by atoms with Crippen LogP contribution in [0.3, 0.4) is 0 Å². The standard InChI is InChI=1S/C11H20N2O2/c1-11(15)7-13(8-11)10(14)5-9-3-2-4-12-6-9/h9,12,15H,2-8H2,1H3. The lowest BCUT2D eigenvalue weighted by Crippen LogP contribution is -2.62. The normalized spacial score (nSPS) is 29.7. The summed E-state index contributed by atoms with van der Waals surface area (Å²) in [6, 6.07) is 0. The third kappa shape index (κ3) is 2.69. The number of piperidine rings is 1. The molecule has 0 spiro atoms. The average Bonchev–Trinajstić information content (AvgIpc) is 2.15. The van der Waals surface area contributed by atoms with Crippen molar-refractivity contribution in [2.45, 2.75) is 31.8 Å². The van der Waals surface area contributed by atoms with Crippen molar-refractivity contribution < 1.29 is 9.90 Å². The molecule has 2 fully saturated rings. The molecular weight excluding hydrogens is 192 g/mol. The Balaban J connectivity index is 1.73. The van der Waals surface area contributed by atoms with Crippen molar-refractivity contribution in [3.05, 3.63) is 0 Å². The molecule has 4 heteroatoms. The zero-order chi connectivity index (χ0) is 10.9. The molecule has 0 aromatic carbocycles. The number of rotatable bonds is 2. The van der Waals surface area contributed by atoms with Gasteiger partial charge in [0.2, 0.25) is 5.91 Å². The molecule has 2 heterocycles. The number of β-amino-alcohol motifs (C(OH)–C–C–N with tert-alkyl or cyclic N) is 1. The molecule has 2 aliphatic heterocycles. The quantitative estimate of drug-likeness (QED) is 0.676. The molecule has 1 amide bonds. The van der Waals surface area contributed by atoms with Gasteiger partial charge in [-0.2, -0.15) is 0 Å². The van der Waals surface area contributed by atoms with Crippen LogP contribution in [0.25, 0.3) is 0 Å². The molecule has 2 aliphatic rings. The van der Waals surface area contributed by atoms with E-state index in [4.69, 9.17) is 0 Å². The number of carbonyl (C=O) groups excluding carboxylic acids is 1. The topological polar surface area (TPSA) is 52.6 Å². The highest BCUT2D eigenvalue weighted by atomic mass is 16.3. The van der Waals surface area contributed by atoms with E-state index in [0.29, 0.717) is 25.4 Å². The number of aliphatic hydroxyl groups is 1. The van der Waals surface area contributed by atoms with Crippen LogP contribution in [0.1, 0.15) is 26.2 Å². The molecule has 0 saturated carbocycles. The zero-order valence-corrected chi connectivity index (χ0v) is 9.33. The van der Waals surface area contributed by atoms with Gasteiger partial charge in [-0.3, -0.25) is 4.79 Å². The third-order valence-corrected chi connectivity index (χ3v) is 3.28. The predicted octanol–water partition coefficient (Wildman–Crippen LogP) is -0.0307. The van der Waals surface area contributed by atoms with E-state index in [1.807, 2.05) is 0 Å². The summed E-state index contributed by atoms with van der Waals surface area (Å²) in [7, 11) is 0. The summed E-state index contributed by atoms with van der Waals surface area (Å²) < 4.78 is 0. The van der Waals surface area contributed by atoms with Crippen molar-refractivity contribution in [2.75, 3.05) is 26.2 Å². The maximum Gasteiger partial charge on any atom is 0.223 e. The van der Waals surface area contributed by atoms with Crippen LogP contribution in [-0.4, -0.2) is 47.7 Å². The molecule has 0 radical (unpaired) electrons. The predicted molar refractivity (Wildman–Crippen MR) is 57.4 cm³/mol. The van der Waals surface area contributed by atoms with Crippen LogP contribution >= 0.6 is 0 Å². The van der Waals surface area contributed by atoms with Gasteiger partial charge in [0, 0.05) is 6.42 Å². The van der Waals surface area contributed by atoms with Crippen molar-refractivity contribution in [3.63, 3.8) is 0 Å². The Labute approximate surface area is 90.6 Å². The van der Waals surface area contributed by atoms with E-state index in [1.54, 1.807) is 11.8 Å². The molecule has 4 nitrogen and oxygen atoms in total. The monoisotopic (exact) mass is 212 g/mol. The van der Waals surface area contributed by atoms with Crippen molar-refractivity contribution in [3.8, 4) is 0 Å². The Bertz CT molecular complexity index is 239. The molecule has 2 saturated heterocycles. The summed E-state index contributed by atoms with van der Waals surface area (Å²) in [5.74, 6) is 0.701. The molecule has 1 atom stereocenters. The molecule has 1 unspecified atom stereocenters. The number of carbonyl (C=O) groups is 1. The summed E-state index contributed by atoms with van der Waals surface area (Å²) >= 11 is 0. The Morgan fingerprint density at radius 1 is 1.60 bits per heavy atom. The van der Waals surface area contributed by atoms with E-state index in [2.05, 4.69) is 5.32 Å². The van der Waals surface area contributed by atoms with Gasteiger partial charge in [-0.25, -0.2) is 0 Å². The van der Waals surface area contributed by atoms with Crippen LogP contribution < -0.4 is 5.32 Å². The lowest BCUT2D eigenvalue weighted by atomic mass is 9.92. The summed E-state index contributed by atoms with van der Waals surface area (Å²) in [4.78, 5) is 13.5. The van der Waals surface area contributed by atoms with Crippen LogP contribution in [-0.2, 0) is 4.79 Å². The lowest BCUT2D eigenvalue weighted by molar-refractivity contribution is -0.153. The van der Waals surface area contributed by atoms with Crippen LogP contribution in [0, 0.1) is 5.92 Å². The highest BCUT2D eigenvalue weighted by Crippen LogP contribution is 2.23. The second kappa shape index (κ2) is 4.10. The van der Waals surface area contributed by atoms with Gasteiger partial charge in [-0.15, -0.1) is 0 Å². The van der Waals surface area contributed by atoms with E-state index in [0.717, 1.165) is 19.5 Å². The lowest BCUT2D eigenvalue weighted by Gasteiger charge is -2.44. The Morgan fingerprint density at radius 2 is 2.33 bits per heavy atom. The van der Waals surface area contributed by atoms with Crippen molar-refractivity contribution >= 4 is 5.91 Å². The fourth-order valence-electron chi connectivity index (χ4n) is 2.43. The molecular formula is C11H20N2O2. The Kier molecular flexibility index (Phi) is 2.98. The smallest absolute Gasteiger partial charge is 0.223 e. The van der Waals surface area contributed by atoms with Gasteiger partial charge in [0.05, 0.1) is 18.7 Å². The molecule has 0 bridgehead atoms. The number of amides is 1. The molecule has 2 rings (SSSR count). The minimum absolute atomic E-state index is 0.204. The zero-order valence-electron chi connectivity index (χ0n) is 9.33. The van der Waals surface area contributed by atoms with E-state index >= 15 is 0 Å². The Morgan fingerprint density at radius 3 is 2.87 bits per heavy atom. The Hall–Kier alpha value is -0.610. The van der Waals surface area contributed by atoms with E-state index in [-0.39, 0.29) is 5.91 Å².